The predicted molar refractivity (Wildman–Crippen MR) is 66.4 cm³/mol. The molecule has 80 valence electrons. The van der Waals surface area contributed by atoms with Crippen molar-refractivity contribution in [2.24, 2.45) is 11.8 Å². The number of hydrogen-bond donors (Lipinski definition) is 0. The molecule has 2 heterocycles. The molecule has 0 aromatic heterocycles. The smallest absolute Gasteiger partial charge is 0.0260 e. The second kappa shape index (κ2) is 3.91. The Morgan fingerprint density at radius 1 is 1.07 bits per heavy atom. The largest absolute Gasteiger partial charge is 0.299 e. The minimum Gasteiger partial charge on any atom is -0.299 e. The lowest BCUT2D eigenvalue weighted by atomic mass is 9.93. The van der Waals surface area contributed by atoms with E-state index in [-0.39, 0.29) is 0 Å². The number of rotatable bonds is 2. The van der Waals surface area contributed by atoms with E-state index in [1.807, 2.05) is 0 Å². The van der Waals surface area contributed by atoms with E-state index in [0.29, 0.717) is 0 Å². The van der Waals surface area contributed by atoms with Gasteiger partial charge in [-0.2, -0.15) is 0 Å². The van der Waals surface area contributed by atoms with Gasteiger partial charge in [-0.1, -0.05) is 0 Å². The maximum absolute atomic E-state index is 2.78. The van der Waals surface area contributed by atoms with Crippen molar-refractivity contribution < 1.29 is 0 Å². The molecule has 3 fully saturated rings. The molecule has 1 aliphatic carbocycles. The van der Waals surface area contributed by atoms with Gasteiger partial charge in [0.2, 0.25) is 0 Å². The Balaban J connectivity index is 1.62. The third-order valence-electron chi connectivity index (χ3n) is 4.12. The lowest BCUT2D eigenvalue weighted by Gasteiger charge is -2.35. The van der Waals surface area contributed by atoms with Crippen molar-refractivity contribution in [3.8, 4) is 0 Å². The van der Waals surface area contributed by atoms with Crippen LogP contribution in [0.15, 0.2) is 0 Å². The van der Waals surface area contributed by atoms with Crippen molar-refractivity contribution in [1.29, 1.82) is 0 Å². The molecule has 2 atom stereocenters. The van der Waals surface area contributed by atoms with Gasteiger partial charge in [-0.3, -0.25) is 4.90 Å². The summed E-state index contributed by atoms with van der Waals surface area (Å²) in [5.41, 5.74) is 0. The van der Waals surface area contributed by atoms with Crippen LogP contribution in [0.2, 0.25) is 0 Å². The Morgan fingerprint density at radius 2 is 1.86 bits per heavy atom. The van der Waals surface area contributed by atoms with Gasteiger partial charge < -0.3 is 0 Å². The topological polar surface area (TPSA) is 6.48 Å². The molecule has 0 N–H and O–H groups in total. The second-order valence-corrected chi connectivity index (χ2v) is 6.58. The normalized spacial score (nSPS) is 40.1. The van der Waals surface area contributed by atoms with Crippen LogP contribution in [0.25, 0.3) is 0 Å². The molecule has 0 radical (unpaired) electrons. The van der Waals surface area contributed by atoms with E-state index < -0.39 is 0 Å². The molecular weight excluding hydrogens is 287 g/mol. The number of likely N-dealkylation sites (tertiary alicyclic amines) is 1. The summed E-state index contributed by atoms with van der Waals surface area (Å²) in [6.45, 7) is 5.43. The van der Waals surface area contributed by atoms with Crippen LogP contribution in [-0.2, 0) is 0 Å². The van der Waals surface area contributed by atoms with Gasteiger partial charge in [0.1, 0.15) is 0 Å². The van der Waals surface area contributed by atoms with E-state index in [2.05, 4.69) is 30.9 Å². The average Bonchev–Trinajstić information content (AvgIpc) is 2.90. The van der Waals surface area contributed by atoms with E-state index in [4.69, 9.17) is 0 Å². The first-order valence-electron chi connectivity index (χ1n) is 5.97. The van der Waals surface area contributed by atoms with Crippen LogP contribution in [0.3, 0.4) is 0 Å². The summed E-state index contributed by atoms with van der Waals surface area (Å²) >= 11 is 2.50. The van der Waals surface area contributed by atoms with Gasteiger partial charge in [0.25, 0.3) is 0 Å². The van der Waals surface area contributed by atoms with E-state index in [1.54, 1.807) is 0 Å². The van der Waals surface area contributed by atoms with Crippen molar-refractivity contribution in [1.82, 2.24) is 8.01 Å². The van der Waals surface area contributed by atoms with Crippen molar-refractivity contribution in [2.75, 3.05) is 26.2 Å². The molecular formula is C11H19IN2. The van der Waals surface area contributed by atoms with Crippen LogP contribution >= 0.6 is 22.9 Å². The molecule has 3 aliphatic rings. The highest BCUT2D eigenvalue weighted by Crippen LogP contribution is 2.37. The van der Waals surface area contributed by atoms with E-state index in [0.717, 1.165) is 17.9 Å². The van der Waals surface area contributed by atoms with Gasteiger partial charge in [0.05, 0.1) is 0 Å². The maximum Gasteiger partial charge on any atom is 0.0260 e. The number of halogens is 1. The average molecular weight is 306 g/mol. The van der Waals surface area contributed by atoms with Crippen LogP contribution in [0.1, 0.15) is 25.7 Å². The number of nitrogens with zero attached hydrogens (tertiary/aromatic N) is 2. The quantitative estimate of drug-likeness (QED) is 0.570. The van der Waals surface area contributed by atoms with E-state index in [1.165, 1.54) is 51.9 Å². The van der Waals surface area contributed by atoms with Gasteiger partial charge in [-0.05, 0) is 44.1 Å². The lowest BCUT2D eigenvalue weighted by Crippen LogP contribution is -2.45. The number of piperidine rings is 1. The molecule has 0 unspecified atom stereocenters. The zero-order valence-electron chi connectivity index (χ0n) is 8.66. The van der Waals surface area contributed by atoms with Crippen molar-refractivity contribution >= 4 is 22.9 Å². The first-order valence-corrected chi connectivity index (χ1v) is 6.94. The Kier molecular flexibility index (Phi) is 2.75. The highest BCUT2D eigenvalue weighted by Gasteiger charge is 2.39. The molecule has 0 aromatic rings. The van der Waals surface area contributed by atoms with Crippen molar-refractivity contribution in [3.05, 3.63) is 0 Å². The fraction of sp³-hybridized carbons (Fsp3) is 1.00. The fourth-order valence-electron chi connectivity index (χ4n) is 3.05. The van der Waals surface area contributed by atoms with Crippen LogP contribution in [0.4, 0.5) is 0 Å². The van der Waals surface area contributed by atoms with Crippen LogP contribution in [0.5, 0.6) is 0 Å². The summed E-state index contributed by atoms with van der Waals surface area (Å²) in [4.78, 5) is 2.78. The maximum atomic E-state index is 2.78. The van der Waals surface area contributed by atoms with Gasteiger partial charge >= 0.3 is 0 Å². The third kappa shape index (κ3) is 1.95. The van der Waals surface area contributed by atoms with Gasteiger partial charge in [-0.25, -0.2) is 3.11 Å². The van der Waals surface area contributed by atoms with Gasteiger partial charge in [-0.15, -0.1) is 0 Å². The van der Waals surface area contributed by atoms with Gasteiger partial charge in [0, 0.05) is 48.5 Å². The molecule has 2 nitrogen and oxygen atoms in total. The number of hydrogen-bond acceptors (Lipinski definition) is 2. The number of fused-ring (bicyclic) bond motifs is 1. The summed E-state index contributed by atoms with van der Waals surface area (Å²) in [6.07, 6.45) is 5.92. The van der Waals surface area contributed by atoms with Crippen molar-refractivity contribution in [3.63, 3.8) is 0 Å². The predicted octanol–water partition coefficient (Wildman–Crippen LogP) is 2.14. The molecule has 1 saturated carbocycles. The fourth-order valence-corrected chi connectivity index (χ4v) is 3.73. The Hall–Kier alpha value is 0.650. The SMILES string of the molecule is IN1CC[C@@H]2CCN(CC3CC3)[C@@H]2C1. The Bertz CT molecular complexity index is 217. The minimum atomic E-state index is 0.904. The van der Waals surface area contributed by atoms with Crippen molar-refractivity contribution in [2.45, 2.75) is 31.7 Å². The van der Waals surface area contributed by atoms with Crippen LogP contribution in [-0.4, -0.2) is 40.2 Å². The first kappa shape index (κ1) is 9.85. The summed E-state index contributed by atoms with van der Waals surface area (Å²) in [6, 6.07) is 0.904. The standard InChI is InChI=1S/C11H19IN2/c12-14-6-4-10-3-5-13(11(10)8-14)7-9-1-2-9/h9-11H,1-8H2/t10-,11+/m0/s1. The van der Waals surface area contributed by atoms with Gasteiger partial charge in [0.15, 0.2) is 0 Å². The summed E-state index contributed by atoms with van der Waals surface area (Å²) in [5.74, 6) is 2.10. The van der Waals surface area contributed by atoms with Crippen LogP contribution in [0, 0.1) is 11.8 Å². The van der Waals surface area contributed by atoms with Crippen LogP contribution < -0.4 is 0 Å². The summed E-state index contributed by atoms with van der Waals surface area (Å²) < 4.78 is 2.49. The molecule has 0 aromatic carbocycles. The molecule has 2 aliphatic heterocycles. The molecule has 3 heteroatoms. The zero-order chi connectivity index (χ0) is 9.54. The summed E-state index contributed by atoms with van der Waals surface area (Å²) in [7, 11) is 0. The highest BCUT2D eigenvalue weighted by molar-refractivity contribution is 14.1. The molecule has 0 bridgehead atoms. The van der Waals surface area contributed by atoms with E-state index in [9.17, 15) is 0 Å². The minimum absolute atomic E-state index is 0.904. The lowest BCUT2D eigenvalue weighted by molar-refractivity contribution is 0.161. The Morgan fingerprint density at radius 3 is 2.64 bits per heavy atom. The zero-order valence-corrected chi connectivity index (χ0v) is 10.8. The molecule has 2 saturated heterocycles. The molecule has 0 amide bonds. The summed E-state index contributed by atoms with van der Waals surface area (Å²) in [5, 5.41) is 0. The molecule has 3 rings (SSSR count). The first-order chi connectivity index (χ1) is 6.83. The highest BCUT2D eigenvalue weighted by atomic mass is 127. The Labute approximate surface area is 101 Å². The third-order valence-corrected chi connectivity index (χ3v) is 4.99. The second-order valence-electron chi connectivity index (χ2n) is 5.21. The molecule has 0 spiro atoms. The monoisotopic (exact) mass is 306 g/mol. The van der Waals surface area contributed by atoms with E-state index >= 15 is 0 Å². The molecule has 14 heavy (non-hydrogen) atoms.